The lowest BCUT2D eigenvalue weighted by molar-refractivity contribution is -0.302. The molecule has 0 spiro atoms. The number of amides is 3. The van der Waals surface area contributed by atoms with Crippen LogP contribution in [0.5, 0.6) is 0 Å². The third-order valence-corrected chi connectivity index (χ3v) is 10.3. The summed E-state index contributed by atoms with van der Waals surface area (Å²) in [6, 6.07) is 12.1. The maximum absolute atomic E-state index is 12.8. The molecule has 3 fully saturated rings. The quantitative estimate of drug-likeness (QED) is 0.125. The Balaban J connectivity index is 1.06. The number of nitrogens with zero attached hydrogens (tertiary/aromatic N) is 7. The number of hydrogen-bond acceptors (Lipinski definition) is 12. The first kappa shape index (κ1) is 33.7. The zero-order valence-electron chi connectivity index (χ0n) is 29.1. The van der Waals surface area contributed by atoms with Gasteiger partial charge in [-0.1, -0.05) is 25.1 Å². The molecule has 52 heavy (non-hydrogen) atoms. The summed E-state index contributed by atoms with van der Waals surface area (Å²) < 4.78 is 1.98. The largest absolute Gasteiger partial charge is 0.364 e. The zero-order valence-corrected chi connectivity index (χ0v) is 29.1. The summed E-state index contributed by atoms with van der Waals surface area (Å²) >= 11 is 0. The molecule has 4 aliphatic rings. The van der Waals surface area contributed by atoms with Crippen molar-refractivity contribution in [1.29, 1.82) is 0 Å². The minimum absolute atomic E-state index is 0.0154. The molecule has 16 heteroatoms. The van der Waals surface area contributed by atoms with Crippen LogP contribution in [0, 0.1) is 5.92 Å². The van der Waals surface area contributed by atoms with E-state index in [9.17, 15) is 24.6 Å². The zero-order chi connectivity index (χ0) is 36.3. The molecule has 1 atom stereocenters. The summed E-state index contributed by atoms with van der Waals surface area (Å²) in [5.74, 6) is -3.00. The number of nitrogens with one attached hydrogen (secondary N) is 4. The second-order valence-corrected chi connectivity index (χ2v) is 13.9. The van der Waals surface area contributed by atoms with Crippen LogP contribution >= 0.6 is 0 Å². The molecule has 270 valence electrons. The van der Waals surface area contributed by atoms with E-state index in [-0.39, 0.29) is 58.8 Å². The number of fused-ring (bicyclic) bond motifs is 3. The number of likely N-dealkylation sites (tertiary alicyclic amines) is 1. The van der Waals surface area contributed by atoms with E-state index in [0.717, 1.165) is 60.3 Å². The highest BCUT2D eigenvalue weighted by Gasteiger charge is 2.46. The average Bonchev–Trinajstić information content (AvgIpc) is 4.06. The maximum atomic E-state index is 12.8. The van der Waals surface area contributed by atoms with Crippen molar-refractivity contribution in [3.63, 3.8) is 0 Å². The summed E-state index contributed by atoms with van der Waals surface area (Å²) in [5.41, 5.74) is 5.15. The molecule has 4 aromatic rings. The van der Waals surface area contributed by atoms with Crippen molar-refractivity contribution in [1.82, 2.24) is 40.5 Å². The van der Waals surface area contributed by atoms with E-state index in [1.807, 2.05) is 36.1 Å². The summed E-state index contributed by atoms with van der Waals surface area (Å²) in [5, 5.41) is 47.3. The number of aromatic nitrogens is 5. The Bertz CT molecular complexity index is 2070. The summed E-state index contributed by atoms with van der Waals surface area (Å²) in [4.78, 5) is 45.9. The van der Waals surface area contributed by atoms with Crippen LogP contribution in [0.2, 0.25) is 0 Å². The molecule has 2 aliphatic carbocycles. The van der Waals surface area contributed by atoms with Crippen molar-refractivity contribution in [3.8, 4) is 11.1 Å². The standard InChI is InChI=1S/C36H41N11O5/c1-4-27-32-23(16-38-47(32)21-17-46(18-21)36(51,52)28-10-6-9-25(41-28)34(49)39-20-13-14-20)22-7-5-8-24(31(22)45(27)3)40-26-15-29(42-33(48)19-11-12-19)43-44-30(26)35(50)37-2/h5-10,15-16,19-21,27,51-52H,4,11-14,17-18H2,1-3H3,(H,37,50)(H,39,49)(H2,40,42,43,48). The van der Waals surface area contributed by atoms with Gasteiger partial charge < -0.3 is 36.4 Å². The summed E-state index contributed by atoms with van der Waals surface area (Å²) in [7, 11) is 3.54. The van der Waals surface area contributed by atoms with Crippen LogP contribution in [0.25, 0.3) is 11.1 Å². The molecule has 3 aromatic heterocycles. The lowest BCUT2D eigenvalue weighted by Gasteiger charge is -2.47. The Labute approximate surface area is 299 Å². The first-order valence-corrected chi connectivity index (χ1v) is 17.7. The molecule has 5 heterocycles. The summed E-state index contributed by atoms with van der Waals surface area (Å²) in [6.45, 7) is 2.70. The molecule has 8 rings (SSSR count). The lowest BCUT2D eigenvalue weighted by atomic mass is 9.91. The predicted octanol–water partition coefficient (Wildman–Crippen LogP) is 2.63. The number of rotatable bonds is 11. The van der Waals surface area contributed by atoms with Gasteiger partial charge in [-0.05, 0) is 50.3 Å². The van der Waals surface area contributed by atoms with Gasteiger partial charge in [0.15, 0.2) is 11.5 Å². The second-order valence-electron chi connectivity index (χ2n) is 13.9. The SMILES string of the molecule is CCC1c2c(cnn2C2CN(C(O)(O)c3cccc(C(=O)NC4CC4)n3)C2)-c2cccc(Nc3cc(NC(=O)C4CC4)nnc3C(=O)NC)c2N1C. The van der Waals surface area contributed by atoms with E-state index in [1.54, 1.807) is 18.2 Å². The van der Waals surface area contributed by atoms with Gasteiger partial charge in [0, 0.05) is 56.3 Å². The van der Waals surface area contributed by atoms with Gasteiger partial charge >= 0.3 is 0 Å². The Hall–Kier alpha value is -5.45. The van der Waals surface area contributed by atoms with Gasteiger partial charge in [0.25, 0.3) is 17.7 Å². The second kappa shape index (κ2) is 13.0. The number of pyridine rings is 1. The van der Waals surface area contributed by atoms with Crippen LogP contribution in [-0.2, 0) is 10.7 Å². The van der Waals surface area contributed by atoms with E-state index < -0.39 is 11.8 Å². The molecule has 2 saturated carbocycles. The fraction of sp³-hybridized carbons (Fsp3) is 0.417. The fourth-order valence-electron chi connectivity index (χ4n) is 7.07. The Morgan fingerprint density at radius 1 is 0.962 bits per heavy atom. The number of aliphatic hydroxyl groups is 2. The minimum Gasteiger partial charge on any atom is -0.364 e. The molecule has 3 amide bonds. The fourth-order valence-corrected chi connectivity index (χ4v) is 7.07. The van der Waals surface area contributed by atoms with Crippen LogP contribution in [0.3, 0.4) is 0 Å². The number of carbonyl (C=O) groups excluding carboxylic acids is 3. The van der Waals surface area contributed by atoms with Crippen LogP contribution in [0.15, 0.2) is 48.7 Å². The molecular formula is C36H41N11O5. The van der Waals surface area contributed by atoms with Crippen molar-refractivity contribution >= 4 is 40.6 Å². The Morgan fingerprint density at radius 3 is 2.44 bits per heavy atom. The average molecular weight is 708 g/mol. The first-order chi connectivity index (χ1) is 25.1. The lowest BCUT2D eigenvalue weighted by Crippen LogP contribution is -2.59. The van der Waals surface area contributed by atoms with Gasteiger partial charge in [-0.3, -0.25) is 19.1 Å². The summed E-state index contributed by atoms with van der Waals surface area (Å²) in [6.07, 6.45) is 6.16. The van der Waals surface area contributed by atoms with E-state index in [2.05, 4.69) is 48.3 Å². The number of para-hydroxylation sites is 1. The van der Waals surface area contributed by atoms with E-state index >= 15 is 0 Å². The monoisotopic (exact) mass is 707 g/mol. The van der Waals surface area contributed by atoms with Crippen molar-refractivity contribution < 1.29 is 24.6 Å². The van der Waals surface area contributed by atoms with E-state index in [0.29, 0.717) is 18.8 Å². The van der Waals surface area contributed by atoms with Gasteiger partial charge in [-0.2, -0.15) is 5.10 Å². The highest BCUT2D eigenvalue weighted by atomic mass is 16.5. The van der Waals surface area contributed by atoms with Crippen LogP contribution in [0.4, 0.5) is 22.9 Å². The molecule has 2 aliphatic heterocycles. The van der Waals surface area contributed by atoms with Crippen LogP contribution < -0.4 is 26.2 Å². The van der Waals surface area contributed by atoms with Gasteiger partial charge in [0.2, 0.25) is 5.91 Å². The number of hydrogen-bond donors (Lipinski definition) is 6. The number of benzene rings is 1. The number of carbonyl (C=O) groups is 3. The minimum atomic E-state index is -2.37. The molecule has 1 aromatic carbocycles. The van der Waals surface area contributed by atoms with Crippen molar-refractivity contribution in [2.24, 2.45) is 5.92 Å². The maximum Gasteiger partial charge on any atom is 0.273 e. The van der Waals surface area contributed by atoms with Crippen molar-refractivity contribution in [3.05, 3.63) is 71.4 Å². The van der Waals surface area contributed by atoms with Crippen LogP contribution in [-0.4, -0.2) is 91.0 Å². The van der Waals surface area contributed by atoms with Gasteiger partial charge in [0.05, 0.1) is 41.0 Å². The third-order valence-electron chi connectivity index (χ3n) is 10.3. The van der Waals surface area contributed by atoms with E-state index in [1.165, 1.54) is 18.0 Å². The molecular weight excluding hydrogens is 666 g/mol. The van der Waals surface area contributed by atoms with Gasteiger partial charge in [-0.15, -0.1) is 10.2 Å². The first-order valence-electron chi connectivity index (χ1n) is 17.7. The molecule has 16 nitrogen and oxygen atoms in total. The van der Waals surface area contributed by atoms with E-state index in [4.69, 9.17) is 5.10 Å². The highest BCUT2D eigenvalue weighted by Crippen LogP contribution is 2.50. The topological polar surface area (TPSA) is 203 Å². The normalized spacial score (nSPS) is 18.6. The number of anilines is 4. The molecule has 1 unspecified atom stereocenters. The predicted molar refractivity (Wildman–Crippen MR) is 191 cm³/mol. The molecule has 0 bridgehead atoms. The molecule has 6 N–H and O–H groups in total. The highest BCUT2D eigenvalue weighted by molar-refractivity contribution is 6.01. The van der Waals surface area contributed by atoms with Gasteiger partial charge in [-0.25, -0.2) is 9.88 Å². The van der Waals surface area contributed by atoms with Crippen molar-refractivity contribution in [2.45, 2.75) is 63.1 Å². The Morgan fingerprint density at radius 2 is 1.73 bits per heavy atom. The third kappa shape index (κ3) is 6.01. The van der Waals surface area contributed by atoms with Crippen molar-refractivity contribution in [2.75, 3.05) is 42.7 Å². The molecule has 0 radical (unpaired) electrons. The molecule has 1 saturated heterocycles. The van der Waals surface area contributed by atoms with Crippen LogP contribution in [0.1, 0.15) is 83.5 Å². The smallest absolute Gasteiger partial charge is 0.273 e. The van der Waals surface area contributed by atoms with Gasteiger partial charge in [0.1, 0.15) is 11.4 Å². The Kier molecular flexibility index (Phi) is 8.39.